The number of carboxylic acid groups (broad SMARTS) is 1. The van der Waals surface area contributed by atoms with Gasteiger partial charge in [0.15, 0.2) is 0 Å². The average Bonchev–Trinajstić information content (AvgIpc) is 2.93. The predicted octanol–water partition coefficient (Wildman–Crippen LogP) is 0.874. The van der Waals surface area contributed by atoms with Crippen molar-refractivity contribution in [3.63, 3.8) is 0 Å². The zero-order valence-corrected chi connectivity index (χ0v) is 13.2. The molecule has 0 saturated heterocycles. The lowest BCUT2D eigenvalue weighted by atomic mass is 10.1. The molecule has 2 aromatic rings. The van der Waals surface area contributed by atoms with Gasteiger partial charge in [-0.2, -0.15) is 4.80 Å². The third-order valence-electron chi connectivity index (χ3n) is 3.30. The van der Waals surface area contributed by atoms with E-state index in [4.69, 9.17) is 5.11 Å². The first-order valence-electron chi connectivity index (χ1n) is 7.24. The smallest absolute Gasteiger partial charge is 0.326 e. The van der Waals surface area contributed by atoms with Crippen molar-refractivity contribution < 1.29 is 14.7 Å². The number of rotatable bonds is 6. The number of carbonyl (C=O) groups excluding carboxylic acids is 1. The first-order chi connectivity index (χ1) is 10.9. The van der Waals surface area contributed by atoms with Crippen LogP contribution < -0.4 is 5.32 Å². The molecular formula is C15H19N5O3. The molecule has 1 amide bonds. The number of nitrogens with one attached hydrogen (secondary N) is 1. The fraction of sp³-hybridized carbons (Fsp3) is 0.400. The van der Waals surface area contributed by atoms with Gasteiger partial charge < -0.3 is 10.4 Å². The summed E-state index contributed by atoms with van der Waals surface area (Å²) in [5.41, 5.74) is 1.92. The summed E-state index contributed by atoms with van der Waals surface area (Å²) in [6.07, 6.45) is 0. The van der Waals surface area contributed by atoms with E-state index >= 15 is 0 Å². The van der Waals surface area contributed by atoms with Crippen molar-refractivity contribution in [1.82, 2.24) is 25.5 Å². The molecule has 0 aliphatic carbocycles. The van der Waals surface area contributed by atoms with Crippen LogP contribution in [0.1, 0.15) is 19.4 Å². The lowest BCUT2D eigenvalue weighted by molar-refractivity contribution is -0.143. The van der Waals surface area contributed by atoms with Crippen LogP contribution in [0.25, 0.3) is 11.4 Å². The number of carbonyl (C=O) groups is 2. The Morgan fingerprint density at radius 3 is 2.48 bits per heavy atom. The summed E-state index contributed by atoms with van der Waals surface area (Å²) in [5.74, 6) is -1.35. The van der Waals surface area contributed by atoms with Gasteiger partial charge in [0.05, 0.1) is 0 Å². The molecule has 23 heavy (non-hydrogen) atoms. The second kappa shape index (κ2) is 6.99. The van der Waals surface area contributed by atoms with Gasteiger partial charge in [0, 0.05) is 5.56 Å². The van der Waals surface area contributed by atoms with Gasteiger partial charge in [-0.05, 0) is 18.1 Å². The number of nitrogens with zero attached hydrogens (tertiary/aromatic N) is 4. The largest absolute Gasteiger partial charge is 0.480 e. The average molecular weight is 317 g/mol. The van der Waals surface area contributed by atoms with E-state index in [2.05, 4.69) is 20.7 Å². The Morgan fingerprint density at radius 2 is 1.91 bits per heavy atom. The fourth-order valence-electron chi connectivity index (χ4n) is 1.99. The Labute approximate surface area is 133 Å². The molecule has 1 heterocycles. The SMILES string of the molecule is Cc1ccc(-c2nnn(CC(=O)N[C@H](C(=O)O)C(C)C)n2)cc1. The van der Waals surface area contributed by atoms with Gasteiger partial charge in [-0.25, -0.2) is 4.79 Å². The second-order valence-electron chi connectivity index (χ2n) is 5.64. The molecule has 0 aliphatic heterocycles. The zero-order chi connectivity index (χ0) is 17.0. The lowest BCUT2D eigenvalue weighted by Crippen LogP contribution is -2.45. The molecule has 0 fully saturated rings. The van der Waals surface area contributed by atoms with Crippen LogP contribution in [0.15, 0.2) is 24.3 Å². The van der Waals surface area contributed by atoms with Gasteiger partial charge >= 0.3 is 5.97 Å². The highest BCUT2D eigenvalue weighted by Gasteiger charge is 2.23. The van der Waals surface area contributed by atoms with Crippen LogP contribution in [0.3, 0.4) is 0 Å². The molecule has 0 unspecified atom stereocenters. The number of hydrogen-bond donors (Lipinski definition) is 2. The molecule has 8 nitrogen and oxygen atoms in total. The number of carboxylic acids is 1. The van der Waals surface area contributed by atoms with Crippen LogP contribution in [0.2, 0.25) is 0 Å². The maximum Gasteiger partial charge on any atom is 0.326 e. The summed E-state index contributed by atoms with van der Waals surface area (Å²) < 4.78 is 0. The van der Waals surface area contributed by atoms with Crippen molar-refractivity contribution in [2.75, 3.05) is 0 Å². The molecule has 2 N–H and O–H groups in total. The topological polar surface area (TPSA) is 110 Å². The summed E-state index contributed by atoms with van der Waals surface area (Å²) in [4.78, 5) is 24.1. The molecule has 0 spiro atoms. The predicted molar refractivity (Wildman–Crippen MR) is 82.4 cm³/mol. The molecule has 2 rings (SSSR count). The minimum atomic E-state index is -1.07. The van der Waals surface area contributed by atoms with Crippen LogP contribution in [-0.2, 0) is 16.1 Å². The van der Waals surface area contributed by atoms with E-state index in [0.717, 1.165) is 15.9 Å². The Bertz CT molecular complexity index is 693. The summed E-state index contributed by atoms with van der Waals surface area (Å²) in [6, 6.07) is 6.67. The van der Waals surface area contributed by atoms with E-state index in [-0.39, 0.29) is 12.5 Å². The van der Waals surface area contributed by atoms with Crippen molar-refractivity contribution in [2.24, 2.45) is 5.92 Å². The molecule has 1 aromatic heterocycles. The van der Waals surface area contributed by atoms with E-state index < -0.39 is 17.9 Å². The molecule has 0 saturated carbocycles. The third-order valence-corrected chi connectivity index (χ3v) is 3.30. The Morgan fingerprint density at radius 1 is 1.26 bits per heavy atom. The monoisotopic (exact) mass is 317 g/mol. The zero-order valence-electron chi connectivity index (χ0n) is 13.2. The molecule has 0 radical (unpaired) electrons. The highest BCUT2D eigenvalue weighted by molar-refractivity contribution is 5.83. The van der Waals surface area contributed by atoms with E-state index in [1.54, 1.807) is 13.8 Å². The van der Waals surface area contributed by atoms with Gasteiger partial charge in [0.2, 0.25) is 11.7 Å². The summed E-state index contributed by atoms with van der Waals surface area (Å²) in [6.45, 7) is 5.24. The highest BCUT2D eigenvalue weighted by Crippen LogP contribution is 2.13. The van der Waals surface area contributed by atoms with E-state index in [1.807, 2.05) is 31.2 Å². The van der Waals surface area contributed by atoms with Crippen LogP contribution in [0, 0.1) is 12.8 Å². The first kappa shape index (κ1) is 16.6. The van der Waals surface area contributed by atoms with Crippen molar-refractivity contribution in [1.29, 1.82) is 0 Å². The van der Waals surface area contributed by atoms with E-state index in [0.29, 0.717) is 5.82 Å². The van der Waals surface area contributed by atoms with Crippen LogP contribution in [0.5, 0.6) is 0 Å². The van der Waals surface area contributed by atoms with Gasteiger partial charge in [-0.15, -0.1) is 10.2 Å². The molecule has 8 heteroatoms. The lowest BCUT2D eigenvalue weighted by Gasteiger charge is -2.17. The van der Waals surface area contributed by atoms with E-state index in [1.165, 1.54) is 0 Å². The molecule has 0 aliphatic rings. The standard InChI is InChI=1S/C15H19N5O3/c1-9(2)13(15(22)23)16-12(21)8-20-18-14(17-19-20)11-6-4-10(3)5-7-11/h4-7,9,13H,8H2,1-3H3,(H,16,21)(H,22,23)/t13-/m0/s1. The number of aliphatic carboxylic acids is 1. The highest BCUT2D eigenvalue weighted by atomic mass is 16.4. The molecule has 1 atom stereocenters. The normalized spacial score (nSPS) is 12.2. The maximum absolute atomic E-state index is 11.9. The number of hydrogen-bond acceptors (Lipinski definition) is 5. The summed E-state index contributed by atoms with van der Waals surface area (Å²) >= 11 is 0. The summed E-state index contributed by atoms with van der Waals surface area (Å²) in [7, 11) is 0. The number of benzene rings is 1. The molecular weight excluding hydrogens is 298 g/mol. The Kier molecular flexibility index (Phi) is 5.05. The third kappa shape index (κ3) is 4.35. The Hall–Kier alpha value is -2.77. The molecule has 0 bridgehead atoms. The fourth-order valence-corrected chi connectivity index (χ4v) is 1.99. The Balaban J connectivity index is 2.02. The maximum atomic E-state index is 11.9. The molecule has 122 valence electrons. The van der Waals surface area contributed by atoms with E-state index in [9.17, 15) is 9.59 Å². The van der Waals surface area contributed by atoms with Gasteiger partial charge in [-0.3, -0.25) is 4.79 Å². The van der Waals surface area contributed by atoms with Gasteiger partial charge in [0.1, 0.15) is 12.6 Å². The number of aromatic nitrogens is 4. The van der Waals surface area contributed by atoms with Crippen molar-refractivity contribution in [3.05, 3.63) is 29.8 Å². The van der Waals surface area contributed by atoms with Crippen LogP contribution in [0.4, 0.5) is 0 Å². The quantitative estimate of drug-likeness (QED) is 0.818. The number of amides is 1. The van der Waals surface area contributed by atoms with Crippen molar-refractivity contribution in [3.8, 4) is 11.4 Å². The van der Waals surface area contributed by atoms with Crippen LogP contribution >= 0.6 is 0 Å². The van der Waals surface area contributed by atoms with Crippen molar-refractivity contribution >= 4 is 11.9 Å². The van der Waals surface area contributed by atoms with Gasteiger partial charge in [-0.1, -0.05) is 43.7 Å². The van der Waals surface area contributed by atoms with Crippen molar-refractivity contribution in [2.45, 2.75) is 33.4 Å². The number of tetrazole rings is 1. The first-order valence-corrected chi connectivity index (χ1v) is 7.24. The van der Waals surface area contributed by atoms with Gasteiger partial charge in [0.25, 0.3) is 0 Å². The minimum Gasteiger partial charge on any atom is -0.480 e. The van der Waals surface area contributed by atoms with Crippen LogP contribution in [-0.4, -0.2) is 43.2 Å². The minimum absolute atomic E-state index is 0.185. The number of aryl methyl sites for hydroxylation is 1. The molecule has 1 aromatic carbocycles. The summed E-state index contributed by atoms with van der Waals surface area (Å²) in [5, 5.41) is 23.4. The second-order valence-corrected chi connectivity index (χ2v) is 5.64.